The van der Waals surface area contributed by atoms with Crippen LogP contribution in [0.5, 0.6) is 0 Å². The number of anilines is 2. The number of hydrogen-bond acceptors (Lipinski definition) is 2. The molecule has 0 spiro atoms. The lowest BCUT2D eigenvalue weighted by Gasteiger charge is -2.12. The van der Waals surface area contributed by atoms with Crippen LogP contribution in [-0.4, -0.2) is 0 Å². The number of rotatable bonds is 5. The Labute approximate surface area is 109 Å². The van der Waals surface area contributed by atoms with Crippen molar-refractivity contribution in [1.29, 1.82) is 0 Å². The van der Waals surface area contributed by atoms with Crippen LogP contribution in [0, 0.1) is 0 Å². The minimum atomic E-state index is 0.836. The highest BCUT2D eigenvalue weighted by atomic mass is 14.6. The Bertz CT molecular complexity index is 532. The van der Waals surface area contributed by atoms with Gasteiger partial charge in [-0.3, -0.25) is 0 Å². The summed E-state index contributed by atoms with van der Waals surface area (Å²) < 4.78 is 0. The van der Waals surface area contributed by atoms with Crippen molar-refractivity contribution in [2.45, 2.75) is 39.0 Å². The van der Waals surface area contributed by atoms with E-state index < -0.39 is 0 Å². The Kier molecular flexibility index (Phi) is 4.08. The van der Waals surface area contributed by atoms with E-state index in [4.69, 9.17) is 11.5 Å². The molecule has 0 saturated carbocycles. The van der Waals surface area contributed by atoms with Gasteiger partial charge in [-0.25, -0.2) is 0 Å². The molecule has 0 aliphatic rings. The van der Waals surface area contributed by atoms with Crippen molar-refractivity contribution >= 4 is 22.1 Å². The second-order valence-corrected chi connectivity index (χ2v) is 4.89. The molecule has 2 nitrogen and oxygen atoms in total. The minimum Gasteiger partial charge on any atom is -0.398 e. The van der Waals surface area contributed by atoms with Crippen molar-refractivity contribution in [2.75, 3.05) is 11.5 Å². The van der Waals surface area contributed by atoms with Crippen LogP contribution in [0.2, 0.25) is 0 Å². The molecule has 2 rings (SSSR count). The molecule has 2 heteroatoms. The van der Waals surface area contributed by atoms with E-state index in [1.807, 2.05) is 18.2 Å². The molecule has 0 bridgehead atoms. The van der Waals surface area contributed by atoms with Gasteiger partial charge in [0.25, 0.3) is 0 Å². The maximum Gasteiger partial charge on any atom is 0.0446 e. The largest absolute Gasteiger partial charge is 0.398 e. The fourth-order valence-electron chi connectivity index (χ4n) is 2.45. The molecule has 0 unspecified atom stereocenters. The number of nitrogen functional groups attached to an aromatic ring is 2. The first-order valence-corrected chi connectivity index (χ1v) is 6.79. The zero-order valence-electron chi connectivity index (χ0n) is 11.1. The van der Waals surface area contributed by atoms with E-state index in [1.165, 1.54) is 25.7 Å². The van der Waals surface area contributed by atoms with Gasteiger partial charge in [-0.05, 0) is 29.9 Å². The maximum atomic E-state index is 6.25. The minimum absolute atomic E-state index is 0.836. The Morgan fingerprint density at radius 3 is 2.56 bits per heavy atom. The second kappa shape index (κ2) is 5.76. The molecule has 0 saturated heterocycles. The molecule has 0 aliphatic carbocycles. The smallest absolute Gasteiger partial charge is 0.0446 e. The van der Waals surface area contributed by atoms with Crippen LogP contribution in [0.4, 0.5) is 11.4 Å². The molecule has 0 atom stereocenters. The first kappa shape index (κ1) is 12.7. The average Bonchev–Trinajstić information content (AvgIpc) is 2.38. The first-order valence-electron chi connectivity index (χ1n) is 6.79. The van der Waals surface area contributed by atoms with E-state index in [0.29, 0.717) is 0 Å². The zero-order chi connectivity index (χ0) is 13.0. The van der Waals surface area contributed by atoms with Crippen molar-refractivity contribution < 1.29 is 0 Å². The molecule has 2 aromatic rings. The van der Waals surface area contributed by atoms with Gasteiger partial charge in [-0.2, -0.15) is 0 Å². The Hall–Kier alpha value is -1.70. The molecule has 0 aliphatic heterocycles. The van der Waals surface area contributed by atoms with Gasteiger partial charge in [0.1, 0.15) is 0 Å². The molecular formula is C16H22N2. The number of benzene rings is 2. The van der Waals surface area contributed by atoms with E-state index in [9.17, 15) is 0 Å². The summed E-state index contributed by atoms with van der Waals surface area (Å²) >= 11 is 0. The van der Waals surface area contributed by atoms with Gasteiger partial charge in [0.05, 0.1) is 0 Å². The third kappa shape index (κ3) is 2.58. The average molecular weight is 242 g/mol. The Morgan fingerprint density at radius 1 is 1.00 bits per heavy atom. The summed E-state index contributed by atoms with van der Waals surface area (Å²) in [7, 11) is 0. The fourth-order valence-corrected chi connectivity index (χ4v) is 2.45. The number of hydrogen-bond donors (Lipinski definition) is 2. The van der Waals surface area contributed by atoms with Gasteiger partial charge in [0, 0.05) is 16.8 Å². The van der Waals surface area contributed by atoms with Crippen LogP contribution in [0.1, 0.15) is 38.2 Å². The maximum absolute atomic E-state index is 6.25. The predicted octanol–water partition coefficient (Wildman–Crippen LogP) is 4.13. The number of unbranched alkanes of at least 4 members (excludes halogenated alkanes) is 3. The topological polar surface area (TPSA) is 52.0 Å². The van der Waals surface area contributed by atoms with Crippen LogP contribution in [0.3, 0.4) is 0 Å². The van der Waals surface area contributed by atoms with E-state index in [1.54, 1.807) is 0 Å². The lowest BCUT2D eigenvalue weighted by Crippen LogP contribution is -2.01. The van der Waals surface area contributed by atoms with Gasteiger partial charge >= 0.3 is 0 Å². The van der Waals surface area contributed by atoms with Crippen molar-refractivity contribution in [3.63, 3.8) is 0 Å². The third-order valence-electron chi connectivity index (χ3n) is 3.52. The Balaban J connectivity index is 2.27. The molecule has 0 aromatic heterocycles. The molecule has 4 N–H and O–H groups in total. The van der Waals surface area contributed by atoms with Gasteiger partial charge in [0.2, 0.25) is 0 Å². The fraction of sp³-hybridized carbons (Fsp3) is 0.375. The summed E-state index contributed by atoms with van der Waals surface area (Å²) in [6.07, 6.45) is 5.95. The van der Waals surface area contributed by atoms with Crippen LogP contribution < -0.4 is 11.5 Å². The molecule has 2 aromatic carbocycles. The van der Waals surface area contributed by atoms with Gasteiger partial charge in [-0.1, -0.05) is 50.5 Å². The van der Waals surface area contributed by atoms with E-state index in [0.717, 1.165) is 34.1 Å². The van der Waals surface area contributed by atoms with Crippen molar-refractivity contribution in [3.05, 3.63) is 35.9 Å². The highest BCUT2D eigenvalue weighted by Crippen LogP contribution is 2.31. The summed E-state index contributed by atoms with van der Waals surface area (Å²) in [5.74, 6) is 0. The quantitative estimate of drug-likeness (QED) is 0.612. The number of nitrogens with two attached hydrogens (primary N) is 2. The summed E-state index contributed by atoms with van der Waals surface area (Å²) in [4.78, 5) is 0. The molecule has 0 radical (unpaired) electrons. The Morgan fingerprint density at radius 2 is 1.78 bits per heavy atom. The summed E-state index contributed by atoms with van der Waals surface area (Å²) in [5.41, 5.74) is 15.2. The van der Waals surface area contributed by atoms with Gasteiger partial charge in [0.15, 0.2) is 0 Å². The molecule has 96 valence electrons. The van der Waals surface area contributed by atoms with Crippen LogP contribution >= 0.6 is 0 Å². The standard InChI is InChI=1S/C16H22N2/c1-2-3-4-5-10-14-15(17)11-12-8-6-7-9-13(12)16(14)18/h6-9,11H,2-5,10,17-18H2,1H3. The molecule has 0 fully saturated rings. The first-order chi connectivity index (χ1) is 8.74. The molecule has 0 amide bonds. The van der Waals surface area contributed by atoms with E-state index in [2.05, 4.69) is 19.1 Å². The highest BCUT2D eigenvalue weighted by Gasteiger charge is 2.08. The van der Waals surface area contributed by atoms with Crippen molar-refractivity contribution in [3.8, 4) is 0 Å². The normalized spacial score (nSPS) is 10.9. The molecular weight excluding hydrogens is 220 g/mol. The van der Waals surface area contributed by atoms with Crippen LogP contribution in [-0.2, 0) is 6.42 Å². The second-order valence-electron chi connectivity index (χ2n) is 4.89. The highest BCUT2D eigenvalue weighted by molar-refractivity contribution is 5.97. The monoisotopic (exact) mass is 242 g/mol. The summed E-state index contributed by atoms with van der Waals surface area (Å²) in [6.45, 7) is 2.22. The number of fused-ring (bicyclic) bond motifs is 1. The van der Waals surface area contributed by atoms with E-state index >= 15 is 0 Å². The van der Waals surface area contributed by atoms with Gasteiger partial charge < -0.3 is 11.5 Å². The van der Waals surface area contributed by atoms with Crippen molar-refractivity contribution in [2.24, 2.45) is 0 Å². The molecule has 18 heavy (non-hydrogen) atoms. The summed E-state index contributed by atoms with van der Waals surface area (Å²) in [6, 6.07) is 10.2. The third-order valence-corrected chi connectivity index (χ3v) is 3.52. The van der Waals surface area contributed by atoms with Crippen molar-refractivity contribution in [1.82, 2.24) is 0 Å². The zero-order valence-corrected chi connectivity index (χ0v) is 11.1. The lowest BCUT2D eigenvalue weighted by molar-refractivity contribution is 0.668. The van der Waals surface area contributed by atoms with Crippen LogP contribution in [0.15, 0.2) is 30.3 Å². The van der Waals surface area contributed by atoms with E-state index in [-0.39, 0.29) is 0 Å². The molecule has 0 heterocycles. The van der Waals surface area contributed by atoms with Crippen LogP contribution in [0.25, 0.3) is 10.8 Å². The van der Waals surface area contributed by atoms with Gasteiger partial charge in [-0.15, -0.1) is 0 Å². The lowest BCUT2D eigenvalue weighted by atomic mass is 9.98. The SMILES string of the molecule is CCCCCCc1c(N)cc2ccccc2c1N. The predicted molar refractivity (Wildman–Crippen MR) is 80.6 cm³/mol. The summed E-state index contributed by atoms with van der Waals surface area (Å²) in [5, 5.41) is 2.25.